The van der Waals surface area contributed by atoms with E-state index < -0.39 is 5.97 Å². The minimum atomic E-state index is -0.937. The van der Waals surface area contributed by atoms with Gasteiger partial charge in [0.2, 0.25) is 5.95 Å². The third-order valence-corrected chi connectivity index (χ3v) is 2.68. The molecule has 15 heavy (non-hydrogen) atoms. The molecule has 0 saturated carbocycles. The summed E-state index contributed by atoms with van der Waals surface area (Å²) >= 11 is 0. The lowest BCUT2D eigenvalue weighted by atomic mass is 10.1. The lowest BCUT2D eigenvalue weighted by Gasteiger charge is -2.29. The van der Waals surface area contributed by atoms with Crippen LogP contribution in [0.4, 0.5) is 5.95 Å². The Hall–Kier alpha value is -1.92. The second kappa shape index (κ2) is 3.04. The highest BCUT2D eigenvalue weighted by atomic mass is 16.4. The van der Waals surface area contributed by atoms with Gasteiger partial charge in [0, 0.05) is 12.7 Å². The van der Waals surface area contributed by atoms with E-state index in [0.717, 1.165) is 0 Å². The number of allylic oxidation sites excluding steroid dienone is 1. The zero-order valence-corrected chi connectivity index (χ0v) is 8.67. The zero-order valence-electron chi connectivity index (χ0n) is 8.67. The molecular weight excluding hydrogens is 198 g/mol. The van der Waals surface area contributed by atoms with Crippen LogP contribution in [0.5, 0.6) is 0 Å². The number of hydrogen-bond donors (Lipinski definition) is 1. The molecule has 0 unspecified atom stereocenters. The van der Waals surface area contributed by atoms with Crippen molar-refractivity contribution < 1.29 is 9.90 Å². The summed E-state index contributed by atoms with van der Waals surface area (Å²) in [7, 11) is 1.74. The number of aromatic nitrogens is 4. The SMILES string of the molecule is CC1=C(C(=O)O)[C@H](C)n2nnnc2N1C. The summed E-state index contributed by atoms with van der Waals surface area (Å²) in [6.45, 7) is 3.51. The van der Waals surface area contributed by atoms with Crippen LogP contribution >= 0.6 is 0 Å². The quantitative estimate of drug-likeness (QED) is 0.703. The fourth-order valence-corrected chi connectivity index (χ4v) is 1.75. The van der Waals surface area contributed by atoms with Gasteiger partial charge >= 0.3 is 5.97 Å². The van der Waals surface area contributed by atoms with Crippen LogP contribution < -0.4 is 4.90 Å². The molecule has 2 heterocycles. The van der Waals surface area contributed by atoms with Gasteiger partial charge in [-0.25, -0.2) is 9.48 Å². The second-order valence-electron chi connectivity index (χ2n) is 3.46. The lowest BCUT2D eigenvalue weighted by molar-refractivity contribution is -0.133. The van der Waals surface area contributed by atoms with E-state index in [-0.39, 0.29) is 6.04 Å². The van der Waals surface area contributed by atoms with Gasteiger partial charge in [0.1, 0.15) is 0 Å². The molecule has 2 rings (SSSR count). The average molecular weight is 209 g/mol. The highest BCUT2D eigenvalue weighted by molar-refractivity contribution is 5.89. The molecule has 0 aliphatic carbocycles. The molecule has 0 amide bonds. The van der Waals surface area contributed by atoms with Gasteiger partial charge < -0.3 is 10.0 Å². The Morgan fingerprint density at radius 2 is 2.20 bits per heavy atom. The number of carboxylic acid groups (broad SMARTS) is 1. The van der Waals surface area contributed by atoms with Gasteiger partial charge in [0.25, 0.3) is 0 Å². The number of nitrogens with zero attached hydrogens (tertiary/aromatic N) is 5. The molecule has 0 saturated heterocycles. The van der Waals surface area contributed by atoms with Gasteiger partial charge in [-0.15, -0.1) is 0 Å². The summed E-state index contributed by atoms with van der Waals surface area (Å²) in [6, 6.07) is -0.344. The third-order valence-electron chi connectivity index (χ3n) is 2.68. The molecular formula is C8H11N5O2. The Labute approximate surface area is 86.0 Å². The summed E-state index contributed by atoms with van der Waals surface area (Å²) in [4.78, 5) is 12.8. The maximum absolute atomic E-state index is 11.1. The smallest absolute Gasteiger partial charge is 0.335 e. The van der Waals surface area contributed by atoms with Crippen molar-refractivity contribution in [3.63, 3.8) is 0 Å². The topological polar surface area (TPSA) is 84.1 Å². The molecule has 1 aliphatic heterocycles. The largest absolute Gasteiger partial charge is 0.478 e. The number of anilines is 1. The lowest BCUT2D eigenvalue weighted by Crippen LogP contribution is -2.32. The predicted octanol–water partition coefficient (Wildman–Crippen LogP) is 0.0425. The van der Waals surface area contributed by atoms with Crippen molar-refractivity contribution in [3.05, 3.63) is 11.3 Å². The Kier molecular flexibility index (Phi) is 1.95. The van der Waals surface area contributed by atoms with Crippen molar-refractivity contribution in [1.82, 2.24) is 20.2 Å². The molecule has 1 N–H and O–H groups in total. The van der Waals surface area contributed by atoms with E-state index in [1.54, 1.807) is 25.8 Å². The standard InChI is InChI=1S/C8H11N5O2/c1-4-6(7(14)15)5(2)13-8(12(4)3)9-10-11-13/h5H,1-3H3,(H,14,15)/t5-/m0/s1. The van der Waals surface area contributed by atoms with E-state index in [1.165, 1.54) is 4.68 Å². The average Bonchev–Trinajstić information content (AvgIpc) is 2.62. The van der Waals surface area contributed by atoms with E-state index in [4.69, 9.17) is 5.11 Å². The number of fused-ring (bicyclic) bond motifs is 1. The predicted molar refractivity (Wildman–Crippen MR) is 51.3 cm³/mol. The fourth-order valence-electron chi connectivity index (χ4n) is 1.75. The molecule has 0 bridgehead atoms. The summed E-state index contributed by atoms with van der Waals surface area (Å²) in [5.74, 6) is -0.377. The number of aliphatic carboxylic acids is 1. The first-order chi connectivity index (χ1) is 7.04. The van der Waals surface area contributed by atoms with Gasteiger partial charge in [-0.3, -0.25) is 0 Å². The number of tetrazole rings is 1. The van der Waals surface area contributed by atoms with Crippen molar-refractivity contribution >= 4 is 11.9 Å². The van der Waals surface area contributed by atoms with E-state index >= 15 is 0 Å². The fraction of sp³-hybridized carbons (Fsp3) is 0.500. The van der Waals surface area contributed by atoms with Gasteiger partial charge in [0.05, 0.1) is 11.6 Å². The van der Waals surface area contributed by atoms with Crippen molar-refractivity contribution in [2.75, 3.05) is 11.9 Å². The Balaban J connectivity index is 2.59. The van der Waals surface area contributed by atoms with E-state index in [0.29, 0.717) is 17.2 Å². The molecule has 7 nitrogen and oxygen atoms in total. The maximum Gasteiger partial charge on any atom is 0.335 e. The van der Waals surface area contributed by atoms with E-state index in [1.807, 2.05) is 0 Å². The number of hydrogen-bond acceptors (Lipinski definition) is 5. The summed E-state index contributed by atoms with van der Waals surface area (Å²) in [6.07, 6.45) is 0. The Morgan fingerprint density at radius 3 is 2.80 bits per heavy atom. The number of carboxylic acids is 1. The van der Waals surface area contributed by atoms with Crippen molar-refractivity contribution in [3.8, 4) is 0 Å². The molecule has 1 atom stereocenters. The van der Waals surface area contributed by atoms with Crippen LogP contribution in [0.1, 0.15) is 19.9 Å². The van der Waals surface area contributed by atoms with Crippen LogP contribution in [0.25, 0.3) is 0 Å². The Bertz CT molecular complexity index is 450. The molecule has 1 aromatic rings. The minimum absolute atomic E-state index is 0.317. The second-order valence-corrected chi connectivity index (χ2v) is 3.46. The Morgan fingerprint density at radius 1 is 1.53 bits per heavy atom. The van der Waals surface area contributed by atoms with Crippen LogP contribution in [0, 0.1) is 0 Å². The van der Waals surface area contributed by atoms with Crippen molar-refractivity contribution in [1.29, 1.82) is 0 Å². The molecule has 0 spiro atoms. The monoisotopic (exact) mass is 209 g/mol. The maximum atomic E-state index is 11.1. The van der Waals surface area contributed by atoms with E-state index in [2.05, 4.69) is 15.5 Å². The normalized spacial score (nSPS) is 20.5. The van der Waals surface area contributed by atoms with Gasteiger partial charge in [0.15, 0.2) is 0 Å². The van der Waals surface area contributed by atoms with Gasteiger partial charge in [-0.1, -0.05) is 5.10 Å². The molecule has 0 aromatic carbocycles. The first-order valence-corrected chi connectivity index (χ1v) is 4.49. The molecule has 1 aromatic heterocycles. The third kappa shape index (κ3) is 1.19. The first-order valence-electron chi connectivity index (χ1n) is 4.49. The first kappa shape index (κ1) is 9.63. The van der Waals surface area contributed by atoms with Crippen molar-refractivity contribution in [2.24, 2.45) is 0 Å². The van der Waals surface area contributed by atoms with Crippen molar-refractivity contribution in [2.45, 2.75) is 19.9 Å². The highest BCUT2D eigenvalue weighted by Crippen LogP contribution is 2.31. The number of carbonyl (C=O) groups is 1. The summed E-state index contributed by atoms with van der Waals surface area (Å²) in [5, 5.41) is 20.2. The molecule has 0 fully saturated rings. The van der Waals surface area contributed by atoms with Crippen LogP contribution in [0.3, 0.4) is 0 Å². The van der Waals surface area contributed by atoms with Crippen LogP contribution in [-0.2, 0) is 4.79 Å². The molecule has 80 valence electrons. The van der Waals surface area contributed by atoms with Gasteiger partial charge in [-0.05, 0) is 24.3 Å². The summed E-state index contributed by atoms with van der Waals surface area (Å²) < 4.78 is 1.50. The highest BCUT2D eigenvalue weighted by Gasteiger charge is 2.32. The van der Waals surface area contributed by atoms with Gasteiger partial charge in [-0.2, -0.15) is 0 Å². The minimum Gasteiger partial charge on any atom is -0.478 e. The van der Waals surface area contributed by atoms with Crippen LogP contribution in [-0.4, -0.2) is 38.3 Å². The zero-order chi connectivity index (χ0) is 11.2. The number of rotatable bonds is 1. The van der Waals surface area contributed by atoms with Crippen LogP contribution in [0.15, 0.2) is 11.3 Å². The summed E-state index contributed by atoms with van der Waals surface area (Å²) in [5.41, 5.74) is 0.981. The molecule has 0 radical (unpaired) electrons. The molecule has 1 aliphatic rings. The molecule has 7 heteroatoms. The van der Waals surface area contributed by atoms with E-state index in [9.17, 15) is 4.79 Å². The van der Waals surface area contributed by atoms with Crippen LogP contribution in [0.2, 0.25) is 0 Å².